The first kappa shape index (κ1) is 15.0. The Morgan fingerprint density at radius 2 is 2.20 bits per heavy atom. The maximum absolute atomic E-state index is 12.3. The fraction of sp³-hybridized carbons (Fsp3) is 0.733. The first-order valence-corrected chi connectivity index (χ1v) is 7.39. The van der Waals surface area contributed by atoms with Crippen molar-refractivity contribution < 1.29 is 14.4 Å². The van der Waals surface area contributed by atoms with E-state index in [2.05, 4.69) is 5.16 Å². The van der Waals surface area contributed by atoms with E-state index in [0.717, 1.165) is 31.4 Å². The summed E-state index contributed by atoms with van der Waals surface area (Å²) in [6.07, 6.45) is 3.74. The fourth-order valence-corrected chi connectivity index (χ4v) is 2.69. The van der Waals surface area contributed by atoms with Crippen LogP contribution in [-0.2, 0) is 0 Å². The zero-order valence-electron chi connectivity index (χ0n) is 12.5. The molecule has 1 N–H and O–H groups in total. The van der Waals surface area contributed by atoms with Crippen molar-refractivity contribution in [3.05, 3.63) is 17.5 Å². The number of amides is 1. The van der Waals surface area contributed by atoms with E-state index in [1.807, 2.05) is 13.8 Å². The number of nitrogens with zero attached hydrogens (tertiary/aromatic N) is 2. The molecule has 1 aliphatic rings. The third-order valence-electron chi connectivity index (χ3n) is 4.04. The molecule has 1 fully saturated rings. The summed E-state index contributed by atoms with van der Waals surface area (Å²) >= 11 is 0. The summed E-state index contributed by atoms with van der Waals surface area (Å²) in [5.74, 6) is 0.974. The molecule has 1 aromatic heterocycles. The van der Waals surface area contributed by atoms with Gasteiger partial charge in [-0.3, -0.25) is 4.79 Å². The van der Waals surface area contributed by atoms with E-state index in [-0.39, 0.29) is 23.8 Å². The van der Waals surface area contributed by atoms with E-state index in [1.165, 1.54) is 0 Å². The second-order valence-electron chi connectivity index (χ2n) is 6.07. The molecule has 2 rings (SSSR count). The lowest BCUT2D eigenvalue weighted by Crippen LogP contribution is -2.38. The second kappa shape index (κ2) is 6.39. The Morgan fingerprint density at radius 3 is 2.80 bits per heavy atom. The SMILES string of the molecule is CC(C)c1cc(C(=O)N(C)CC2CCCCC2O)no1. The van der Waals surface area contributed by atoms with Crippen molar-refractivity contribution in [3.63, 3.8) is 0 Å². The molecule has 0 aliphatic heterocycles. The van der Waals surface area contributed by atoms with Crippen LogP contribution in [0.3, 0.4) is 0 Å². The molecule has 5 heteroatoms. The average molecular weight is 280 g/mol. The summed E-state index contributed by atoms with van der Waals surface area (Å²) in [5.41, 5.74) is 0.349. The normalized spacial score (nSPS) is 23.1. The van der Waals surface area contributed by atoms with E-state index in [1.54, 1.807) is 18.0 Å². The Kier molecular flexibility index (Phi) is 4.81. The summed E-state index contributed by atoms with van der Waals surface area (Å²) in [7, 11) is 1.76. The molecule has 1 aliphatic carbocycles. The molecule has 0 aromatic carbocycles. The molecular formula is C15H24N2O3. The number of hydrogen-bond acceptors (Lipinski definition) is 4. The smallest absolute Gasteiger partial charge is 0.275 e. The van der Waals surface area contributed by atoms with Gasteiger partial charge in [0.2, 0.25) is 0 Å². The van der Waals surface area contributed by atoms with Gasteiger partial charge in [-0.2, -0.15) is 0 Å². The molecule has 0 bridgehead atoms. The number of hydrogen-bond donors (Lipinski definition) is 1. The van der Waals surface area contributed by atoms with E-state index >= 15 is 0 Å². The number of aliphatic hydroxyl groups is 1. The van der Waals surface area contributed by atoms with E-state index < -0.39 is 0 Å². The van der Waals surface area contributed by atoms with Gasteiger partial charge in [0, 0.05) is 31.5 Å². The minimum absolute atomic E-state index is 0.140. The molecule has 0 saturated heterocycles. The third kappa shape index (κ3) is 3.39. The topological polar surface area (TPSA) is 66.6 Å². The largest absolute Gasteiger partial charge is 0.393 e. The zero-order chi connectivity index (χ0) is 14.7. The van der Waals surface area contributed by atoms with Crippen LogP contribution in [-0.4, -0.2) is 40.8 Å². The molecule has 0 radical (unpaired) electrons. The van der Waals surface area contributed by atoms with Gasteiger partial charge in [0.1, 0.15) is 5.76 Å². The summed E-state index contributed by atoms with van der Waals surface area (Å²) in [6.45, 7) is 4.57. The number of carbonyl (C=O) groups excluding carboxylic acids is 1. The highest BCUT2D eigenvalue weighted by molar-refractivity contribution is 5.92. The van der Waals surface area contributed by atoms with Crippen molar-refractivity contribution in [2.24, 2.45) is 5.92 Å². The summed E-state index contributed by atoms with van der Waals surface area (Å²) in [5, 5.41) is 13.8. The van der Waals surface area contributed by atoms with Crippen LogP contribution in [0, 0.1) is 5.92 Å². The Balaban J connectivity index is 1.97. The highest BCUT2D eigenvalue weighted by atomic mass is 16.5. The Hall–Kier alpha value is -1.36. The second-order valence-corrected chi connectivity index (χ2v) is 6.07. The highest BCUT2D eigenvalue weighted by Crippen LogP contribution is 2.25. The molecule has 1 aromatic rings. The fourth-order valence-electron chi connectivity index (χ4n) is 2.69. The predicted octanol–water partition coefficient (Wildman–Crippen LogP) is 2.42. The minimum Gasteiger partial charge on any atom is -0.393 e. The molecule has 5 nitrogen and oxygen atoms in total. The van der Waals surface area contributed by atoms with Gasteiger partial charge in [0.15, 0.2) is 5.69 Å². The van der Waals surface area contributed by atoms with Crippen molar-refractivity contribution >= 4 is 5.91 Å². The summed E-state index contributed by atoms with van der Waals surface area (Å²) in [6, 6.07) is 1.71. The first-order valence-electron chi connectivity index (χ1n) is 7.39. The van der Waals surface area contributed by atoms with Crippen LogP contribution in [0.2, 0.25) is 0 Å². The molecule has 2 unspecified atom stereocenters. The van der Waals surface area contributed by atoms with Gasteiger partial charge < -0.3 is 14.5 Å². The van der Waals surface area contributed by atoms with Crippen molar-refractivity contribution in [1.29, 1.82) is 0 Å². The van der Waals surface area contributed by atoms with Crippen LogP contribution >= 0.6 is 0 Å². The first-order chi connectivity index (χ1) is 9.49. The Morgan fingerprint density at radius 1 is 1.50 bits per heavy atom. The van der Waals surface area contributed by atoms with Crippen LogP contribution < -0.4 is 0 Å². The summed E-state index contributed by atoms with van der Waals surface area (Å²) < 4.78 is 5.16. The standard InChI is InChI=1S/C15H24N2O3/c1-10(2)14-8-12(16-20-14)15(19)17(3)9-11-6-4-5-7-13(11)18/h8,10-11,13,18H,4-7,9H2,1-3H3. The van der Waals surface area contributed by atoms with Crippen LogP contribution in [0.15, 0.2) is 10.6 Å². The van der Waals surface area contributed by atoms with Gasteiger partial charge in [-0.05, 0) is 12.8 Å². The molecule has 1 saturated carbocycles. The van der Waals surface area contributed by atoms with Gasteiger partial charge in [0.25, 0.3) is 5.91 Å². The van der Waals surface area contributed by atoms with Crippen molar-refractivity contribution in [1.82, 2.24) is 10.1 Å². The van der Waals surface area contributed by atoms with Gasteiger partial charge >= 0.3 is 0 Å². The maximum Gasteiger partial charge on any atom is 0.275 e. The molecule has 1 amide bonds. The van der Waals surface area contributed by atoms with E-state index in [0.29, 0.717) is 12.2 Å². The molecule has 0 spiro atoms. The quantitative estimate of drug-likeness (QED) is 0.919. The lowest BCUT2D eigenvalue weighted by Gasteiger charge is -2.30. The van der Waals surface area contributed by atoms with Gasteiger partial charge in [-0.1, -0.05) is 31.8 Å². The Labute approximate surface area is 119 Å². The van der Waals surface area contributed by atoms with Gasteiger partial charge in [-0.15, -0.1) is 0 Å². The highest BCUT2D eigenvalue weighted by Gasteiger charge is 2.27. The minimum atomic E-state index is -0.289. The number of rotatable bonds is 4. The number of carbonyl (C=O) groups is 1. The number of aromatic nitrogens is 1. The van der Waals surface area contributed by atoms with Crippen LogP contribution in [0.25, 0.3) is 0 Å². The lowest BCUT2D eigenvalue weighted by molar-refractivity contribution is 0.0447. The maximum atomic E-state index is 12.3. The molecule has 2 atom stereocenters. The van der Waals surface area contributed by atoms with Gasteiger partial charge in [-0.25, -0.2) is 0 Å². The molecule has 20 heavy (non-hydrogen) atoms. The Bertz CT molecular complexity index is 456. The molecule has 1 heterocycles. The number of aliphatic hydroxyl groups excluding tert-OH is 1. The van der Waals surface area contributed by atoms with Crippen LogP contribution in [0.4, 0.5) is 0 Å². The summed E-state index contributed by atoms with van der Waals surface area (Å²) in [4.78, 5) is 13.9. The monoisotopic (exact) mass is 280 g/mol. The zero-order valence-corrected chi connectivity index (χ0v) is 12.5. The van der Waals surface area contributed by atoms with Crippen LogP contribution in [0.1, 0.15) is 61.7 Å². The third-order valence-corrected chi connectivity index (χ3v) is 4.04. The lowest BCUT2D eigenvalue weighted by atomic mass is 9.86. The van der Waals surface area contributed by atoms with Crippen molar-refractivity contribution in [2.75, 3.05) is 13.6 Å². The predicted molar refractivity (Wildman–Crippen MR) is 75.5 cm³/mol. The molecule has 112 valence electrons. The van der Waals surface area contributed by atoms with E-state index in [9.17, 15) is 9.90 Å². The molecular weight excluding hydrogens is 256 g/mol. The average Bonchev–Trinajstić information content (AvgIpc) is 2.90. The van der Waals surface area contributed by atoms with Crippen molar-refractivity contribution in [2.45, 2.75) is 51.6 Å². The van der Waals surface area contributed by atoms with Gasteiger partial charge in [0.05, 0.1) is 6.10 Å². The van der Waals surface area contributed by atoms with E-state index in [4.69, 9.17) is 4.52 Å². The van der Waals surface area contributed by atoms with Crippen LogP contribution in [0.5, 0.6) is 0 Å². The van der Waals surface area contributed by atoms with Crippen molar-refractivity contribution in [3.8, 4) is 0 Å².